The average molecular weight is 390 g/mol. The Kier molecular flexibility index (Phi) is 5.60. The number of hydrogen-bond donors (Lipinski definition) is 1. The molecule has 4 rings (SSSR count). The van der Waals surface area contributed by atoms with Crippen LogP contribution in [0.25, 0.3) is 10.9 Å². The zero-order chi connectivity index (χ0) is 20.2. The van der Waals surface area contributed by atoms with Crippen LogP contribution < -0.4 is 10.1 Å². The van der Waals surface area contributed by atoms with Crippen LogP contribution in [-0.2, 0) is 0 Å². The number of nitrogens with zero attached hydrogens (tertiary/aromatic N) is 3. The number of rotatable bonds is 7. The molecule has 6 nitrogen and oxygen atoms in total. The van der Waals surface area contributed by atoms with Crippen molar-refractivity contribution < 1.29 is 9.53 Å². The van der Waals surface area contributed by atoms with E-state index in [0.29, 0.717) is 19.1 Å². The number of para-hydroxylation sites is 1. The lowest BCUT2D eigenvalue weighted by atomic mass is 10.1. The third-order valence-corrected chi connectivity index (χ3v) is 5.26. The van der Waals surface area contributed by atoms with Gasteiger partial charge in [-0.2, -0.15) is 0 Å². The molecule has 2 heterocycles. The van der Waals surface area contributed by atoms with Gasteiger partial charge in [0.1, 0.15) is 17.9 Å². The predicted octanol–water partition coefficient (Wildman–Crippen LogP) is 4.11. The molecule has 1 fully saturated rings. The minimum absolute atomic E-state index is 0.0161. The number of nitrogens with one attached hydrogen (secondary N) is 1. The summed E-state index contributed by atoms with van der Waals surface area (Å²) in [6.45, 7) is 2.77. The Morgan fingerprint density at radius 2 is 2.07 bits per heavy atom. The molecule has 1 N–H and O–H groups in total. The number of pyridine rings is 2. The minimum Gasteiger partial charge on any atom is -0.489 e. The van der Waals surface area contributed by atoms with Gasteiger partial charge in [-0.05, 0) is 49.9 Å². The van der Waals surface area contributed by atoms with Gasteiger partial charge in [0.05, 0.1) is 18.3 Å². The average Bonchev–Trinajstić information content (AvgIpc) is 3.57. The van der Waals surface area contributed by atoms with Crippen molar-refractivity contribution in [1.82, 2.24) is 20.2 Å². The number of aryl methyl sites for hydroxylation is 1. The molecule has 1 aliphatic carbocycles. The highest BCUT2D eigenvalue weighted by atomic mass is 16.5. The van der Waals surface area contributed by atoms with Gasteiger partial charge in [-0.3, -0.25) is 4.98 Å². The first-order valence-corrected chi connectivity index (χ1v) is 10.0. The third kappa shape index (κ3) is 4.47. The van der Waals surface area contributed by atoms with E-state index in [1.165, 1.54) is 0 Å². The normalized spacial score (nSPS) is 14.4. The highest BCUT2D eigenvalue weighted by Crippen LogP contribution is 2.43. The molecular weight excluding hydrogens is 364 g/mol. The van der Waals surface area contributed by atoms with Crippen molar-refractivity contribution in [2.75, 3.05) is 20.2 Å². The van der Waals surface area contributed by atoms with E-state index in [1.54, 1.807) is 11.1 Å². The van der Waals surface area contributed by atoms with Gasteiger partial charge in [0.25, 0.3) is 0 Å². The Hall–Kier alpha value is -3.15. The maximum Gasteiger partial charge on any atom is 0.317 e. The van der Waals surface area contributed by atoms with E-state index >= 15 is 0 Å². The van der Waals surface area contributed by atoms with Gasteiger partial charge in [0, 0.05) is 24.3 Å². The third-order valence-electron chi connectivity index (χ3n) is 5.26. The van der Waals surface area contributed by atoms with E-state index < -0.39 is 0 Å². The van der Waals surface area contributed by atoms with Crippen molar-refractivity contribution in [2.24, 2.45) is 5.92 Å². The Balaban J connectivity index is 1.34. The highest BCUT2D eigenvalue weighted by molar-refractivity contribution is 5.84. The molecule has 0 aliphatic heterocycles. The summed E-state index contributed by atoms with van der Waals surface area (Å²) in [4.78, 5) is 23.5. The van der Waals surface area contributed by atoms with E-state index in [9.17, 15) is 4.79 Å². The molecule has 29 heavy (non-hydrogen) atoms. The number of aromatic nitrogens is 2. The van der Waals surface area contributed by atoms with Crippen LogP contribution in [0.4, 0.5) is 4.79 Å². The van der Waals surface area contributed by atoms with Crippen molar-refractivity contribution in [3.63, 3.8) is 0 Å². The topological polar surface area (TPSA) is 67.3 Å². The van der Waals surface area contributed by atoms with Crippen molar-refractivity contribution in [2.45, 2.75) is 25.8 Å². The molecule has 0 spiro atoms. The Morgan fingerprint density at radius 1 is 1.21 bits per heavy atom. The predicted molar refractivity (Wildman–Crippen MR) is 113 cm³/mol. The van der Waals surface area contributed by atoms with Gasteiger partial charge in [0.2, 0.25) is 0 Å². The first-order valence-electron chi connectivity index (χ1n) is 10.0. The molecule has 6 heteroatoms. The smallest absolute Gasteiger partial charge is 0.317 e. The first-order chi connectivity index (χ1) is 14.1. The van der Waals surface area contributed by atoms with Crippen molar-refractivity contribution in [3.05, 3.63) is 66.1 Å². The van der Waals surface area contributed by atoms with Crippen LogP contribution >= 0.6 is 0 Å². The van der Waals surface area contributed by atoms with Crippen LogP contribution in [0.15, 0.2) is 54.7 Å². The van der Waals surface area contributed by atoms with Crippen LogP contribution in [0.1, 0.15) is 30.3 Å². The van der Waals surface area contributed by atoms with Crippen LogP contribution in [0.5, 0.6) is 5.75 Å². The number of ether oxygens (including phenoxy) is 1. The molecular formula is C23H26N4O2. The lowest BCUT2D eigenvalue weighted by Gasteiger charge is -2.28. The summed E-state index contributed by atoms with van der Waals surface area (Å²) in [6.07, 6.45) is 4.05. The summed E-state index contributed by atoms with van der Waals surface area (Å²) in [5.74, 6) is 1.22. The molecule has 1 aliphatic rings. The van der Waals surface area contributed by atoms with Crippen LogP contribution in [-0.4, -0.2) is 41.1 Å². The number of carbonyl (C=O) groups is 1. The van der Waals surface area contributed by atoms with E-state index in [0.717, 1.165) is 40.9 Å². The summed E-state index contributed by atoms with van der Waals surface area (Å²) >= 11 is 0. The summed E-state index contributed by atoms with van der Waals surface area (Å²) in [7, 11) is 1.84. The maximum atomic E-state index is 12.7. The van der Waals surface area contributed by atoms with Gasteiger partial charge in [0.15, 0.2) is 0 Å². The molecule has 2 aromatic heterocycles. The first kappa shape index (κ1) is 19.2. The molecule has 0 bridgehead atoms. The Labute approximate surface area is 170 Å². The van der Waals surface area contributed by atoms with Crippen molar-refractivity contribution in [3.8, 4) is 5.75 Å². The second kappa shape index (κ2) is 8.47. The monoisotopic (exact) mass is 390 g/mol. The molecule has 1 atom stereocenters. The lowest BCUT2D eigenvalue weighted by molar-refractivity contribution is 0.179. The fourth-order valence-electron chi connectivity index (χ4n) is 3.62. The number of urea groups is 1. The summed E-state index contributed by atoms with van der Waals surface area (Å²) in [5, 5.41) is 4.00. The second-order valence-electron chi connectivity index (χ2n) is 7.51. The molecule has 2 amide bonds. The van der Waals surface area contributed by atoms with Gasteiger partial charge in [-0.15, -0.1) is 0 Å². The van der Waals surface area contributed by atoms with Crippen LogP contribution in [0.3, 0.4) is 0 Å². The number of carbonyl (C=O) groups excluding carboxylic acids is 1. The van der Waals surface area contributed by atoms with Gasteiger partial charge in [-0.25, -0.2) is 9.78 Å². The molecule has 0 radical (unpaired) electrons. The standard InChI is InChI=1S/C23H26N4O2/c1-16-9-10-17-6-5-8-20(21(17)26-16)29-15-14-25-23(28)27(2)22(18-11-12-18)19-7-3-4-13-24-19/h3-10,13,18,22H,11-12,14-15H2,1-2H3,(H,25,28)/t22-/m0/s1. The molecule has 3 aromatic rings. The highest BCUT2D eigenvalue weighted by Gasteiger charge is 2.37. The molecule has 0 unspecified atom stereocenters. The summed E-state index contributed by atoms with van der Waals surface area (Å²) < 4.78 is 5.90. The Morgan fingerprint density at radius 3 is 2.83 bits per heavy atom. The van der Waals surface area contributed by atoms with Crippen LogP contribution in [0.2, 0.25) is 0 Å². The SMILES string of the molecule is Cc1ccc2cccc(OCCNC(=O)N(C)[C@H](c3ccccn3)C3CC3)c2n1. The van der Waals surface area contributed by atoms with Gasteiger partial charge < -0.3 is 15.0 Å². The van der Waals surface area contributed by atoms with E-state index in [-0.39, 0.29) is 12.1 Å². The van der Waals surface area contributed by atoms with E-state index in [1.807, 2.05) is 62.5 Å². The fourth-order valence-corrected chi connectivity index (χ4v) is 3.62. The van der Waals surface area contributed by atoms with E-state index in [2.05, 4.69) is 15.3 Å². The Bertz CT molecular complexity index is 989. The number of hydrogen-bond acceptors (Lipinski definition) is 4. The zero-order valence-electron chi connectivity index (χ0n) is 16.8. The second-order valence-corrected chi connectivity index (χ2v) is 7.51. The summed E-state index contributed by atoms with van der Waals surface area (Å²) in [5.41, 5.74) is 2.74. The summed E-state index contributed by atoms with van der Waals surface area (Å²) in [6, 6.07) is 15.7. The largest absolute Gasteiger partial charge is 0.489 e. The lowest BCUT2D eigenvalue weighted by Crippen LogP contribution is -2.42. The number of amides is 2. The molecule has 1 aromatic carbocycles. The molecule has 0 saturated heterocycles. The van der Waals surface area contributed by atoms with E-state index in [4.69, 9.17) is 4.74 Å². The van der Waals surface area contributed by atoms with Crippen molar-refractivity contribution in [1.29, 1.82) is 0 Å². The van der Waals surface area contributed by atoms with Gasteiger partial charge >= 0.3 is 6.03 Å². The van der Waals surface area contributed by atoms with Gasteiger partial charge in [-0.1, -0.05) is 24.3 Å². The number of benzene rings is 1. The molecule has 150 valence electrons. The quantitative estimate of drug-likeness (QED) is 0.617. The minimum atomic E-state index is -0.108. The molecule has 1 saturated carbocycles. The van der Waals surface area contributed by atoms with Crippen LogP contribution in [0, 0.1) is 12.8 Å². The fraction of sp³-hybridized carbons (Fsp3) is 0.348. The number of fused-ring (bicyclic) bond motifs is 1. The maximum absolute atomic E-state index is 12.7. The van der Waals surface area contributed by atoms with Crippen molar-refractivity contribution >= 4 is 16.9 Å². The zero-order valence-corrected chi connectivity index (χ0v) is 16.8.